The number of nitrogens with two attached hydrogens (primary N) is 1. The molecule has 0 heterocycles. The molecule has 0 radical (unpaired) electrons. The molecule has 0 aliphatic carbocycles. The molecule has 1 rings (SSSR count). The second-order valence-electron chi connectivity index (χ2n) is 3.04. The van der Waals surface area contributed by atoms with Gasteiger partial charge in [-0.25, -0.2) is 0 Å². The van der Waals surface area contributed by atoms with Crippen LogP contribution < -0.4 is 5.73 Å². The van der Waals surface area contributed by atoms with Crippen molar-refractivity contribution in [1.82, 2.24) is 0 Å². The Morgan fingerprint density at radius 1 is 1.43 bits per heavy atom. The lowest BCUT2D eigenvalue weighted by molar-refractivity contribution is 1.15. The van der Waals surface area contributed by atoms with Gasteiger partial charge in [-0.2, -0.15) is 11.8 Å². The van der Waals surface area contributed by atoms with E-state index in [-0.39, 0.29) is 0 Å². The molecule has 0 spiro atoms. The van der Waals surface area contributed by atoms with Gasteiger partial charge < -0.3 is 5.73 Å². The van der Waals surface area contributed by atoms with Crippen molar-refractivity contribution in [3.63, 3.8) is 0 Å². The van der Waals surface area contributed by atoms with Gasteiger partial charge in [-0.15, -0.1) is 0 Å². The van der Waals surface area contributed by atoms with E-state index in [1.54, 1.807) is 11.8 Å². The van der Waals surface area contributed by atoms with Crippen LogP contribution in [0.1, 0.15) is 5.56 Å². The highest BCUT2D eigenvalue weighted by molar-refractivity contribution is 7.98. The molecule has 0 unspecified atom stereocenters. The topological polar surface area (TPSA) is 26.0 Å². The number of thioether (sulfide) groups is 1. The van der Waals surface area contributed by atoms with E-state index in [0.29, 0.717) is 6.54 Å². The monoisotopic (exact) mass is 227 g/mol. The number of rotatable bonds is 5. The standard InChI is InChI=1S/C11H14ClNS/c1-9(6-13)7-14-8-10-4-2-3-5-11(10)12/h2-5H,1,6-8,13H2. The molecule has 0 atom stereocenters. The van der Waals surface area contributed by atoms with Crippen molar-refractivity contribution in [3.05, 3.63) is 47.0 Å². The maximum atomic E-state index is 6.01. The molecular formula is C11H14ClNS. The zero-order chi connectivity index (χ0) is 10.4. The Labute approximate surface area is 94.3 Å². The van der Waals surface area contributed by atoms with Gasteiger partial charge in [0.1, 0.15) is 0 Å². The van der Waals surface area contributed by atoms with Crippen LogP contribution in [0.5, 0.6) is 0 Å². The van der Waals surface area contributed by atoms with Gasteiger partial charge in [0.15, 0.2) is 0 Å². The number of benzene rings is 1. The third-order valence-corrected chi connectivity index (χ3v) is 3.31. The highest BCUT2D eigenvalue weighted by Crippen LogP contribution is 2.21. The van der Waals surface area contributed by atoms with Crippen molar-refractivity contribution in [2.45, 2.75) is 5.75 Å². The van der Waals surface area contributed by atoms with E-state index in [9.17, 15) is 0 Å². The molecule has 0 aliphatic rings. The molecule has 1 nitrogen and oxygen atoms in total. The minimum Gasteiger partial charge on any atom is -0.327 e. The summed E-state index contributed by atoms with van der Waals surface area (Å²) in [7, 11) is 0. The summed E-state index contributed by atoms with van der Waals surface area (Å²) in [5.74, 6) is 1.82. The Balaban J connectivity index is 2.39. The molecule has 14 heavy (non-hydrogen) atoms. The van der Waals surface area contributed by atoms with Crippen molar-refractivity contribution in [1.29, 1.82) is 0 Å². The molecule has 0 bridgehead atoms. The van der Waals surface area contributed by atoms with E-state index in [2.05, 4.69) is 6.58 Å². The average Bonchev–Trinajstić information content (AvgIpc) is 2.20. The van der Waals surface area contributed by atoms with Crippen LogP contribution in [-0.4, -0.2) is 12.3 Å². The summed E-state index contributed by atoms with van der Waals surface area (Å²) in [6.45, 7) is 4.41. The van der Waals surface area contributed by atoms with E-state index >= 15 is 0 Å². The Hall–Kier alpha value is -0.440. The van der Waals surface area contributed by atoms with Crippen LogP contribution >= 0.6 is 23.4 Å². The van der Waals surface area contributed by atoms with Gasteiger partial charge in [0.25, 0.3) is 0 Å². The van der Waals surface area contributed by atoms with Gasteiger partial charge in [-0.3, -0.25) is 0 Å². The molecule has 76 valence electrons. The highest BCUT2D eigenvalue weighted by atomic mass is 35.5. The van der Waals surface area contributed by atoms with Crippen LogP contribution in [0.4, 0.5) is 0 Å². The highest BCUT2D eigenvalue weighted by Gasteiger charge is 1.99. The fourth-order valence-corrected chi connectivity index (χ4v) is 2.24. The summed E-state index contributed by atoms with van der Waals surface area (Å²) < 4.78 is 0. The van der Waals surface area contributed by atoms with Crippen LogP contribution in [0.2, 0.25) is 5.02 Å². The zero-order valence-electron chi connectivity index (χ0n) is 8.00. The summed E-state index contributed by atoms with van der Waals surface area (Å²) >= 11 is 7.80. The van der Waals surface area contributed by atoms with E-state index in [0.717, 1.165) is 22.1 Å². The number of hydrogen-bond donors (Lipinski definition) is 1. The van der Waals surface area contributed by atoms with Gasteiger partial charge in [-0.05, 0) is 11.6 Å². The largest absolute Gasteiger partial charge is 0.327 e. The fraction of sp³-hybridized carbons (Fsp3) is 0.273. The minimum atomic E-state index is 0.565. The Morgan fingerprint density at radius 2 is 2.14 bits per heavy atom. The summed E-state index contributed by atoms with van der Waals surface area (Å²) in [5.41, 5.74) is 7.68. The van der Waals surface area contributed by atoms with E-state index in [4.69, 9.17) is 17.3 Å². The van der Waals surface area contributed by atoms with Crippen molar-refractivity contribution in [3.8, 4) is 0 Å². The van der Waals surface area contributed by atoms with E-state index < -0.39 is 0 Å². The fourth-order valence-electron chi connectivity index (χ4n) is 0.980. The molecule has 0 aliphatic heterocycles. The molecule has 0 fully saturated rings. The van der Waals surface area contributed by atoms with Gasteiger partial charge in [0.05, 0.1) is 0 Å². The summed E-state index contributed by atoms with van der Waals surface area (Å²) in [5, 5.41) is 0.832. The molecule has 1 aromatic carbocycles. The Kier molecular flexibility index (Phi) is 5.09. The third-order valence-electron chi connectivity index (χ3n) is 1.81. The molecule has 1 aromatic rings. The normalized spacial score (nSPS) is 10.1. The van der Waals surface area contributed by atoms with Crippen LogP contribution in [-0.2, 0) is 5.75 Å². The SMILES string of the molecule is C=C(CN)CSCc1ccccc1Cl. The van der Waals surface area contributed by atoms with Gasteiger partial charge >= 0.3 is 0 Å². The zero-order valence-corrected chi connectivity index (χ0v) is 9.57. The Morgan fingerprint density at radius 3 is 2.79 bits per heavy atom. The van der Waals surface area contributed by atoms with Crippen LogP contribution in [0, 0.1) is 0 Å². The second-order valence-corrected chi connectivity index (χ2v) is 4.43. The number of halogens is 1. The first-order valence-corrected chi connectivity index (χ1v) is 5.95. The lowest BCUT2D eigenvalue weighted by Crippen LogP contribution is -2.03. The van der Waals surface area contributed by atoms with Crippen LogP contribution in [0.15, 0.2) is 36.4 Å². The lowest BCUT2D eigenvalue weighted by atomic mass is 10.2. The average molecular weight is 228 g/mol. The van der Waals surface area contributed by atoms with Crippen LogP contribution in [0.3, 0.4) is 0 Å². The van der Waals surface area contributed by atoms with E-state index in [1.165, 1.54) is 5.56 Å². The molecule has 0 amide bonds. The van der Waals surface area contributed by atoms with Gasteiger partial charge in [0.2, 0.25) is 0 Å². The van der Waals surface area contributed by atoms with E-state index in [1.807, 2.05) is 24.3 Å². The van der Waals surface area contributed by atoms with Gasteiger partial charge in [-0.1, -0.05) is 42.0 Å². The molecule has 2 N–H and O–H groups in total. The maximum absolute atomic E-state index is 6.01. The first-order valence-electron chi connectivity index (χ1n) is 4.42. The first kappa shape index (κ1) is 11.6. The van der Waals surface area contributed by atoms with Gasteiger partial charge in [0, 0.05) is 23.1 Å². The van der Waals surface area contributed by atoms with Crippen molar-refractivity contribution in [2.24, 2.45) is 5.73 Å². The maximum Gasteiger partial charge on any atom is 0.0446 e. The second kappa shape index (κ2) is 6.12. The Bertz CT molecular complexity index is 312. The predicted molar refractivity (Wildman–Crippen MR) is 65.8 cm³/mol. The third kappa shape index (κ3) is 3.74. The molecule has 0 aromatic heterocycles. The van der Waals surface area contributed by atoms with Crippen molar-refractivity contribution >= 4 is 23.4 Å². The summed E-state index contributed by atoms with van der Waals surface area (Å²) in [4.78, 5) is 0. The quantitative estimate of drug-likeness (QED) is 0.783. The lowest BCUT2D eigenvalue weighted by Gasteiger charge is -2.04. The number of hydrogen-bond acceptors (Lipinski definition) is 2. The summed E-state index contributed by atoms with van der Waals surface area (Å²) in [6, 6.07) is 7.89. The smallest absolute Gasteiger partial charge is 0.0446 e. The molecule has 0 saturated heterocycles. The minimum absolute atomic E-state index is 0.565. The molecular weight excluding hydrogens is 214 g/mol. The first-order chi connectivity index (χ1) is 6.74. The van der Waals surface area contributed by atoms with Crippen molar-refractivity contribution in [2.75, 3.05) is 12.3 Å². The molecule has 0 saturated carbocycles. The molecule has 3 heteroatoms. The predicted octanol–water partition coefficient (Wildman–Crippen LogP) is 3.09. The summed E-state index contributed by atoms with van der Waals surface area (Å²) in [6.07, 6.45) is 0. The van der Waals surface area contributed by atoms with Crippen molar-refractivity contribution < 1.29 is 0 Å². The van der Waals surface area contributed by atoms with Crippen LogP contribution in [0.25, 0.3) is 0 Å².